The molecule has 0 saturated carbocycles. The Hall–Kier alpha value is -3.29. The van der Waals surface area contributed by atoms with E-state index in [0.717, 1.165) is 0 Å². The lowest BCUT2D eigenvalue weighted by Gasteiger charge is -2.39. The Kier molecular flexibility index (Phi) is 6.92. The lowest BCUT2D eigenvalue weighted by atomic mass is 9.99. The number of benzene rings is 2. The largest absolute Gasteiger partial charge is 0.493 e. The summed E-state index contributed by atoms with van der Waals surface area (Å²) in [5.74, 6) is 0.757. The predicted octanol–water partition coefficient (Wildman–Crippen LogP) is 0.159. The van der Waals surface area contributed by atoms with Crippen LogP contribution in [0.5, 0.6) is 28.7 Å². The van der Waals surface area contributed by atoms with Crippen LogP contribution < -0.4 is 29.1 Å². The molecule has 2 aromatic carbocycles. The van der Waals surface area contributed by atoms with Crippen molar-refractivity contribution in [3.05, 3.63) is 28.4 Å². The van der Waals surface area contributed by atoms with Crippen molar-refractivity contribution >= 4 is 21.9 Å². The molecular weight excluding hydrogens is 468 g/mol. The Morgan fingerprint density at radius 3 is 2.06 bits per heavy atom. The van der Waals surface area contributed by atoms with Crippen molar-refractivity contribution in [2.75, 3.05) is 35.0 Å². The molecule has 0 radical (unpaired) electrons. The highest BCUT2D eigenvalue weighted by atomic mass is 16.7. The quantitative estimate of drug-likeness (QED) is 0.329. The molecule has 190 valence electrons. The molecule has 5 unspecified atom stereocenters. The molecule has 1 aromatic heterocycles. The molecule has 4 rings (SSSR count). The Balaban J connectivity index is 1.86. The third-order valence-electron chi connectivity index (χ3n) is 5.84. The van der Waals surface area contributed by atoms with E-state index in [0.29, 0.717) is 0 Å². The zero-order valence-corrected chi connectivity index (χ0v) is 19.4. The van der Waals surface area contributed by atoms with Gasteiger partial charge in [0.25, 0.3) is 0 Å². The second-order valence-electron chi connectivity index (χ2n) is 7.76. The van der Waals surface area contributed by atoms with E-state index in [1.165, 1.54) is 46.6 Å². The first-order chi connectivity index (χ1) is 16.8. The fourth-order valence-corrected chi connectivity index (χ4v) is 4.03. The topological polar surface area (TPSA) is 167 Å². The van der Waals surface area contributed by atoms with Gasteiger partial charge in [-0.2, -0.15) is 0 Å². The number of fused-ring (bicyclic) bond motifs is 2. The van der Waals surface area contributed by atoms with E-state index in [1.54, 1.807) is 0 Å². The van der Waals surface area contributed by atoms with Crippen molar-refractivity contribution in [2.24, 2.45) is 0 Å². The maximum atomic E-state index is 13.4. The number of methoxy groups -OCH3 is 4. The summed E-state index contributed by atoms with van der Waals surface area (Å²) in [5.41, 5.74) is -0.171. The fraction of sp³-hybridized carbons (Fsp3) is 0.435. The molecule has 1 fully saturated rings. The van der Waals surface area contributed by atoms with Gasteiger partial charge in [-0.05, 0) is 6.07 Å². The normalized spacial score (nSPS) is 24.4. The predicted molar refractivity (Wildman–Crippen MR) is 121 cm³/mol. The van der Waals surface area contributed by atoms with Crippen molar-refractivity contribution < 1.29 is 53.3 Å². The molecule has 1 aliphatic heterocycles. The van der Waals surface area contributed by atoms with Crippen LogP contribution in [0.3, 0.4) is 0 Å². The van der Waals surface area contributed by atoms with E-state index in [1.807, 2.05) is 0 Å². The SMILES string of the molecule is COc1cc2c(=O)c3c(OC)c(OC)c(OC)cc3oc2cc1OC1OC(CO)C(O)C(O)C1O. The molecule has 2 heterocycles. The Morgan fingerprint density at radius 1 is 0.800 bits per heavy atom. The summed E-state index contributed by atoms with van der Waals surface area (Å²) in [6, 6.07) is 4.23. The second kappa shape index (κ2) is 9.76. The lowest BCUT2D eigenvalue weighted by Crippen LogP contribution is -2.60. The van der Waals surface area contributed by atoms with Gasteiger partial charge in [-0.15, -0.1) is 0 Å². The van der Waals surface area contributed by atoms with E-state index < -0.39 is 42.7 Å². The zero-order chi connectivity index (χ0) is 25.4. The Morgan fingerprint density at radius 2 is 1.46 bits per heavy atom. The van der Waals surface area contributed by atoms with E-state index in [9.17, 15) is 25.2 Å². The first-order valence-corrected chi connectivity index (χ1v) is 10.5. The molecule has 12 heteroatoms. The molecule has 3 aromatic rings. The van der Waals surface area contributed by atoms with Crippen molar-refractivity contribution in [3.63, 3.8) is 0 Å². The summed E-state index contributed by atoms with van der Waals surface area (Å²) in [5, 5.41) is 40.0. The van der Waals surface area contributed by atoms with Crippen LogP contribution in [0.4, 0.5) is 0 Å². The van der Waals surface area contributed by atoms with E-state index in [-0.39, 0.29) is 50.7 Å². The molecule has 0 spiro atoms. The lowest BCUT2D eigenvalue weighted by molar-refractivity contribution is -0.277. The molecular formula is C23H26O12. The van der Waals surface area contributed by atoms with Crippen molar-refractivity contribution in [1.82, 2.24) is 0 Å². The first kappa shape index (κ1) is 24.8. The molecule has 0 amide bonds. The average Bonchev–Trinajstić information content (AvgIpc) is 2.87. The molecule has 1 saturated heterocycles. The summed E-state index contributed by atoms with van der Waals surface area (Å²) < 4.78 is 38.5. The average molecular weight is 494 g/mol. The van der Waals surface area contributed by atoms with Crippen molar-refractivity contribution in [3.8, 4) is 28.7 Å². The standard InChI is InChI=1S/C23H26O12/c1-29-11-5-9-10(6-12(11)34-23-20(28)19(27)18(26)15(8-24)35-23)33-13-7-14(30-2)21(31-3)22(32-4)16(13)17(9)25/h5-7,15,18-20,23-24,26-28H,8H2,1-4H3. The second-order valence-corrected chi connectivity index (χ2v) is 7.76. The van der Waals surface area contributed by atoms with Crippen LogP contribution >= 0.6 is 0 Å². The van der Waals surface area contributed by atoms with Crippen molar-refractivity contribution in [1.29, 1.82) is 0 Å². The molecule has 35 heavy (non-hydrogen) atoms. The van der Waals surface area contributed by atoms with Gasteiger partial charge in [-0.3, -0.25) is 4.79 Å². The zero-order valence-electron chi connectivity index (χ0n) is 19.4. The number of rotatable bonds is 7. The smallest absolute Gasteiger partial charge is 0.229 e. The van der Waals surface area contributed by atoms with E-state index in [4.69, 9.17) is 32.8 Å². The molecule has 12 nitrogen and oxygen atoms in total. The van der Waals surface area contributed by atoms with Gasteiger partial charge < -0.3 is 53.3 Å². The number of aliphatic hydroxyl groups is 4. The fourth-order valence-electron chi connectivity index (χ4n) is 4.03. The van der Waals surface area contributed by atoms with Gasteiger partial charge >= 0.3 is 0 Å². The highest BCUT2D eigenvalue weighted by Gasteiger charge is 2.45. The minimum atomic E-state index is -1.64. The Labute approximate surface area is 198 Å². The summed E-state index contributed by atoms with van der Waals surface area (Å²) >= 11 is 0. The number of ether oxygens (including phenoxy) is 6. The van der Waals surface area contributed by atoms with Gasteiger partial charge in [0.2, 0.25) is 17.5 Å². The van der Waals surface area contributed by atoms with Crippen LogP contribution in [0.2, 0.25) is 0 Å². The van der Waals surface area contributed by atoms with Crippen LogP contribution in [0, 0.1) is 0 Å². The summed E-state index contributed by atoms with van der Waals surface area (Å²) in [6.45, 7) is -0.617. The van der Waals surface area contributed by atoms with E-state index >= 15 is 0 Å². The van der Waals surface area contributed by atoms with Gasteiger partial charge in [0.1, 0.15) is 41.0 Å². The molecule has 4 N–H and O–H groups in total. The highest BCUT2D eigenvalue weighted by molar-refractivity contribution is 5.97. The van der Waals surface area contributed by atoms with Gasteiger partial charge in [-0.25, -0.2) is 0 Å². The monoisotopic (exact) mass is 494 g/mol. The van der Waals surface area contributed by atoms with Gasteiger partial charge in [-0.1, -0.05) is 0 Å². The maximum Gasteiger partial charge on any atom is 0.229 e. The van der Waals surface area contributed by atoms with Crippen molar-refractivity contribution in [2.45, 2.75) is 30.7 Å². The van der Waals surface area contributed by atoms with Gasteiger partial charge in [0.15, 0.2) is 23.0 Å². The maximum absolute atomic E-state index is 13.4. The molecule has 0 aliphatic carbocycles. The third kappa shape index (κ3) is 4.09. The van der Waals surface area contributed by atoms with Gasteiger partial charge in [0, 0.05) is 12.1 Å². The summed E-state index contributed by atoms with van der Waals surface area (Å²) in [4.78, 5) is 13.4. The van der Waals surface area contributed by atoms with Gasteiger partial charge in [0.05, 0.1) is 40.4 Å². The number of hydrogen-bond donors (Lipinski definition) is 4. The summed E-state index contributed by atoms with van der Waals surface area (Å²) in [6.07, 6.45) is -7.44. The van der Waals surface area contributed by atoms with Crippen LogP contribution in [-0.4, -0.2) is 86.2 Å². The molecule has 1 aliphatic rings. The highest BCUT2D eigenvalue weighted by Crippen LogP contribution is 2.43. The van der Waals surface area contributed by atoms with Crippen LogP contribution in [-0.2, 0) is 4.74 Å². The molecule has 0 bridgehead atoms. The third-order valence-corrected chi connectivity index (χ3v) is 5.84. The minimum Gasteiger partial charge on any atom is -0.493 e. The van der Waals surface area contributed by atoms with Crippen LogP contribution in [0.15, 0.2) is 27.4 Å². The summed E-state index contributed by atoms with van der Waals surface area (Å²) in [7, 11) is 5.58. The molecule has 5 atom stereocenters. The van der Waals surface area contributed by atoms with Crippen LogP contribution in [0.25, 0.3) is 21.9 Å². The minimum absolute atomic E-state index is 0.0132. The van der Waals surface area contributed by atoms with Crippen LogP contribution in [0.1, 0.15) is 0 Å². The van der Waals surface area contributed by atoms with E-state index in [2.05, 4.69) is 0 Å². The number of hydrogen-bond acceptors (Lipinski definition) is 12. The first-order valence-electron chi connectivity index (χ1n) is 10.5. The number of aliphatic hydroxyl groups excluding tert-OH is 4. The Bertz CT molecular complexity index is 1280.